The highest BCUT2D eigenvalue weighted by Crippen LogP contribution is 2.09. The Balaban J connectivity index is 2.57. The number of nitrogens with zero attached hydrogens (tertiary/aromatic N) is 3. The molecule has 6 heteroatoms. The Morgan fingerprint density at radius 2 is 1.88 bits per heavy atom. The van der Waals surface area contributed by atoms with Crippen LogP contribution >= 0.6 is 22.6 Å². The van der Waals surface area contributed by atoms with Crippen LogP contribution in [0, 0.1) is 17.4 Å². The van der Waals surface area contributed by atoms with Gasteiger partial charge in [0.2, 0.25) is 0 Å². The van der Waals surface area contributed by atoms with E-state index in [1.807, 2.05) is 29.5 Å². The van der Waals surface area contributed by atoms with Crippen LogP contribution < -0.4 is 5.56 Å². The van der Waals surface area contributed by atoms with Crippen molar-refractivity contribution in [1.29, 1.82) is 0 Å². The van der Waals surface area contributed by atoms with E-state index in [9.17, 15) is 4.79 Å². The summed E-state index contributed by atoms with van der Waals surface area (Å²) in [6.07, 6.45) is 3.38. The van der Waals surface area contributed by atoms with E-state index in [-0.39, 0.29) is 5.56 Å². The van der Waals surface area contributed by atoms with Crippen LogP contribution in [0.2, 0.25) is 0 Å². The van der Waals surface area contributed by atoms with E-state index in [4.69, 9.17) is 0 Å². The van der Waals surface area contributed by atoms with Crippen LogP contribution in [0.5, 0.6) is 0 Å². The van der Waals surface area contributed by atoms with Gasteiger partial charge >= 0.3 is 0 Å². The summed E-state index contributed by atoms with van der Waals surface area (Å²) in [6.45, 7) is 3.69. The topological polar surface area (TPSA) is 71.5 Å². The molecule has 1 N–H and O–H groups in total. The van der Waals surface area contributed by atoms with Crippen molar-refractivity contribution in [2.24, 2.45) is 0 Å². The number of aryl methyl sites for hydroxylation is 2. The minimum absolute atomic E-state index is 0.160. The number of nitrogens with one attached hydrogen (secondary N) is 1. The van der Waals surface area contributed by atoms with E-state index in [0.29, 0.717) is 20.9 Å². The van der Waals surface area contributed by atoms with Gasteiger partial charge in [0.15, 0.2) is 11.6 Å². The Morgan fingerprint density at radius 1 is 1.25 bits per heavy atom. The zero-order chi connectivity index (χ0) is 11.7. The highest BCUT2D eigenvalue weighted by atomic mass is 127. The summed E-state index contributed by atoms with van der Waals surface area (Å²) >= 11 is 1.96. The fourth-order valence-electron chi connectivity index (χ4n) is 1.19. The monoisotopic (exact) mass is 328 g/mol. The average Bonchev–Trinajstić information content (AvgIpc) is 2.26. The van der Waals surface area contributed by atoms with Crippen molar-refractivity contribution < 1.29 is 0 Å². The van der Waals surface area contributed by atoms with E-state index >= 15 is 0 Å². The smallest absolute Gasteiger partial charge is 0.264 e. The van der Waals surface area contributed by atoms with Crippen LogP contribution in [0.15, 0.2) is 17.2 Å². The molecule has 2 heterocycles. The molecule has 0 saturated carbocycles. The summed E-state index contributed by atoms with van der Waals surface area (Å²) in [5.41, 5.74) is 1.49. The van der Waals surface area contributed by atoms with Gasteiger partial charge in [0.05, 0.1) is 9.26 Å². The van der Waals surface area contributed by atoms with Crippen molar-refractivity contribution in [3.63, 3.8) is 0 Å². The maximum Gasteiger partial charge on any atom is 0.264 e. The molecule has 16 heavy (non-hydrogen) atoms. The first-order valence-electron chi connectivity index (χ1n) is 4.63. The number of halogens is 1. The molecule has 0 radical (unpaired) electrons. The summed E-state index contributed by atoms with van der Waals surface area (Å²) in [5.74, 6) is 0.838. The van der Waals surface area contributed by atoms with E-state index in [0.717, 1.165) is 5.56 Å². The number of H-pyrrole nitrogens is 1. The third-order valence-electron chi connectivity index (χ3n) is 2.02. The predicted octanol–water partition coefficient (Wildman–Crippen LogP) is 1.45. The Kier molecular flexibility index (Phi) is 2.99. The van der Waals surface area contributed by atoms with Gasteiger partial charge in [0, 0.05) is 12.4 Å². The minimum Gasteiger partial charge on any atom is -0.303 e. The Morgan fingerprint density at radius 3 is 2.44 bits per heavy atom. The normalized spacial score (nSPS) is 10.4. The van der Waals surface area contributed by atoms with E-state index in [1.54, 1.807) is 19.3 Å². The molecule has 0 saturated heterocycles. The lowest BCUT2D eigenvalue weighted by molar-refractivity contribution is 1.00. The van der Waals surface area contributed by atoms with Crippen LogP contribution in [-0.4, -0.2) is 19.9 Å². The molecule has 0 aliphatic heterocycles. The van der Waals surface area contributed by atoms with Crippen LogP contribution in [0.4, 0.5) is 0 Å². The molecule has 0 fully saturated rings. The minimum atomic E-state index is -0.160. The summed E-state index contributed by atoms with van der Waals surface area (Å²) in [5, 5.41) is 0. The average molecular weight is 328 g/mol. The first-order valence-corrected chi connectivity index (χ1v) is 5.71. The number of hydrogen-bond donors (Lipinski definition) is 1. The van der Waals surface area contributed by atoms with Crippen molar-refractivity contribution in [3.8, 4) is 11.6 Å². The number of hydrogen-bond acceptors (Lipinski definition) is 4. The first kappa shape index (κ1) is 11.2. The zero-order valence-corrected chi connectivity index (χ0v) is 10.9. The third kappa shape index (κ3) is 2.11. The van der Waals surface area contributed by atoms with Gasteiger partial charge in [-0.25, -0.2) is 15.0 Å². The molecule has 82 valence electrons. The number of rotatable bonds is 1. The highest BCUT2D eigenvalue weighted by Gasteiger charge is 2.08. The highest BCUT2D eigenvalue weighted by molar-refractivity contribution is 14.1. The standard InChI is InChI=1S/C10H9IN4O/c1-5-3-12-8(13-4-5)9-14-6(2)7(11)10(16)15-9/h3-4H,1-2H3,(H,14,15,16). The molecule has 0 spiro atoms. The van der Waals surface area contributed by atoms with E-state index in [2.05, 4.69) is 19.9 Å². The van der Waals surface area contributed by atoms with Gasteiger partial charge in [-0.15, -0.1) is 0 Å². The number of aromatic nitrogens is 4. The molecule has 0 aliphatic rings. The van der Waals surface area contributed by atoms with Crippen molar-refractivity contribution in [2.75, 3.05) is 0 Å². The van der Waals surface area contributed by atoms with Crippen LogP contribution in [-0.2, 0) is 0 Å². The van der Waals surface area contributed by atoms with Crippen molar-refractivity contribution in [1.82, 2.24) is 19.9 Å². The predicted molar refractivity (Wildman–Crippen MR) is 68.1 cm³/mol. The molecule has 0 aromatic carbocycles. The molecule has 5 nitrogen and oxygen atoms in total. The summed E-state index contributed by atoms with van der Waals surface area (Å²) < 4.78 is 0.591. The summed E-state index contributed by atoms with van der Waals surface area (Å²) in [4.78, 5) is 26.7. The van der Waals surface area contributed by atoms with Crippen molar-refractivity contribution in [2.45, 2.75) is 13.8 Å². The Bertz CT molecular complexity index is 576. The quantitative estimate of drug-likeness (QED) is 0.805. The zero-order valence-electron chi connectivity index (χ0n) is 8.78. The van der Waals surface area contributed by atoms with Gasteiger partial charge < -0.3 is 4.98 Å². The maximum atomic E-state index is 11.5. The van der Waals surface area contributed by atoms with Gasteiger partial charge in [0.25, 0.3) is 5.56 Å². The summed E-state index contributed by atoms with van der Waals surface area (Å²) in [7, 11) is 0. The molecular formula is C10H9IN4O. The van der Waals surface area contributed by atoms with E-state index in [1.165, 1.54) is 0 Å². The number of aromatic amines is 1. The maximum absolute atomic E-state index is 11.5. The summed E-state index contributed by atoms with van der Waals surface area (Å²) in [6, 6.07) is 0. The van der Waals surface area contributed by atoms with Crippen molar-refractivity contribution in [3.05, 3.63) is 37.6 Å². The van der Waals surface area contributed by atoms with Crippen LogP contribution in [0.25, 0.3) is 11.6 Å². The van der Waals surface area contributed by atoms with Gasteiger partial charge in [-0.05, 0) is 42.0 Å². The molecule has 0 unspecified atom stereocenters. The van der Waals surface area contributed by atoms with Gasteiger partial charge in [-0.1, -0.05) is 0 Å². The second-order valence-electron chi connectivity index (χ2n) is 3.40. The largest absolute Gasteiger partial charge is 0.303 e. The van der Waals surface area contributed by atoms with Gasteiger partial charge in [-0.3, -0.25) is 4.79 Å². The van der Waals surface area contributed by atoms with Gasteiger partial charge in [0.1, 0.15) is 0 Å². The second-order valence-corrected chi connectivity index (χ2v) is 4.48. The van der Waals surface area contributed by atoms with Crippen molar-refractivity contribution >= 4 is 22.6 Å². The fraction of sp³-hybridized carbons (Fsp3) is 0.200. The molecule has 2 aromatic rings. The SMILES string of the molecule is Cc1cnc(-c2nc(C)c(I)c(=O)[nH]2)nc1. The molecule has 2 rings (SSSR count). The Labute approximate surface area is 106 Å². The second kappa shape index (κ2) is 4.28. The Hall–Kier alpha value is -1.31. The molecule has 0 bridgehead atoms. The molecular weight excluding hydrogens is 319 g/mol. The van der Waals surface area contributed by atoms with Gasteiger partial charge in [-0.2, -0.15) is 0 Å². The van der Waals surface area contributed by atoms with Crippen LogP contribution in [0.3, 0.4) is 0 Å². The fourth-order valence-corrected chi connectivity index (χ4v) is 1.45. The van der Waals surface area contributed by atoms with E-state index < -0.39 is 0 Å². The molecule has 2 aromatic heterocycles. The molecule has 0 amide bonds. The lowest BCUT2D eigenvalue weighted by Gasteiger charge is -2.01. The van der Waals surface area contributed by atoms with Crippen LogP contribution in [0.1, 0.15) is 11.3 Å². The lowest BCUT2D eigenvalue weighted by atomic mass is 10.4. The first-order chi connectivity index (χ1) is 7.58. The third-order valence-corrected chi connectivity index (χ3v) is 3.29. The lowest BCUT2D eigenvalue weighted by Crippen LogP contribution is -2.15. The molecule has 0 aliphatic carbocycles. The molecule has 0 atom stereocenters.